The normalized spacial score (nSPS) is 20.0. The van der Waals surface area contributed by atoms with Gasteiger partial charge >= 0.3 is 5.97 Å². The third-order valence-electron chi connectivity index (χ3n) is 5.94. The number of nitrogens with zero attached hydrogens (tertiary/aromatic N) is 2. The average Bonchev–Trinajstić information content (AvgIpc) is 2.70. The molecule has 3 atom stereocenters. The maximum absolute atomic E-state index is 13.5. The number of rotatable bonds is 9. The summed E-state index contributed by atoms with van der Waals surface area (Å²) in [7, 11) is 3.71. The van der Waals surface area contributed by atoms with Crippen LogP contribution in [-0.4, -0.2) is 73.0 Å². The molecule has 1 aliphatic rings. The van der Waals surface area contributed by atoms with E-state index in [0.717, 1.165) is 38.6 Å². The van der Waals surface area contributed by atoms with Gasteiger partial charge < -0.3 is 15.0 Å². The number of carbonyl (C=O) groups is 3. The van der Waals surface area contributed by atoms with Gasteiger partial charge in [-0.05, 0) is 52.1 Å². The van der Waals surface area contributed by atoms with Crippen molar-refractivity contribution < 1.29 is 19.1 Å². The second-order valence-corrected chi connectivity index (χ2v) is 9.68. The molecule has 1 heterocycles. The fourth-order valence-corrected chi connectivity index (χ4v) is 3.95. The van der Waals surface area contributed by atoms with Crippen molar-refractivity contribution in [2.24, 2.45) is 5.41 Å². The molecule has 0 aromatic carbocycles. The van der Waals surface area contributed by atoms with Crippen molar-refractivity contribution in [2.75, 3.05) is 27.2 Å². The molecular formula is C24H43N3O4. The molecule has 0 aromatic heterocycles. The van der Waals surface area contributed by atoms with Crippen LogP contribution >= 0.6 is 0 Å². The first-order valence-corrected chi connectivity index (χ1v) is 11.6. The van der Waals surface area contributed by atoms with Crippen molar-refractivity contribution in [3.63, 3.8) is 0 Å². The SMILES string of the molecule is CCC[C@@H](/C=C(\C)C(=O)OCC)N(C)C(=O)[C@@H](NC(=O)C1CCCCN1C)C(C)(C)C. The zero-order valence-electron chi connectivity index (χ0n) is 20.8. The zero-order valence-corrected chi connectivity index (χ0v) is 20.8. The lowest BCUT2D eigenvalue weighted by Gasteiger charge is -2.38. The molecule has 2 amide bonds. The molecule has 7 heteroatoms. The first kappa shape index (κ1) is 27.1. The number of piperidine rings is 1. The number of amides is 2. The standard InChI is InChI=1S/C24H43N3O4/c1-9-13-18(16-17(3)23(30)31-10-2)27(8)22(29)20(24(4,5)6)25-21(28)19-14-11-12-15-26(19)7/h16,18-20H,9-15H2,1-8H3,(H,25,28)/b17-16+/t18-,19?,20+/m0/s1. The Bertz CT molecular complexity index is 654. The van der Waals surface area contributed by atoms with Crippen molar-refractivity contribution in [2.45, 2.75) is 91.8 Å². The molecular weight excluding hydrogens is 394 g/mol. The van der Waals surface area contributed by atoms with Crippen LogP contribution in [0.4, 0.5) is 0 Å². The van der Waals surface area contributed by atoms with E-state index < -0.39 is 11.5 Å². The van der Waals surface area contributed by atoms with E-state index in [2.05, 4.69) is 10.2 Å². The van der Waals surface area contributed by atoms with Crippen molar-refractivity contribution in [3.8, 4) is 0 Å². The van der Waals surface area contributed by atoms with Gasteiger partial charge in [-0.1, -0.05) is 46.6 Å². The number of carbonyl (C=O) groups excluding carboxylic acids is 3. The molecule has 1 unspecified atom stereocenters. The summed E-state index contributed by atoms with van der Waals surface area (Å²) in [5.41, 5.74) is 0.0328. The Morgan fingerprint density at radius 1 is 1.23 bits per heavy atom. The second-order valence-electron chi connectivity index (χ2n) is 9.68. The minimum Gasteiger partial charge on any atom is -0.463 e. The Morgan fingerprint density at radius 2 is 1.87 bits per heavy atom. The molecule has 31 heavy (non-hydrogen) atoms. The van der Waals surface area contributed by atoms with Gasteiger partial charge in [-0.15, -0.1) is 0 Å². The number of likely N-dealkylation sites (tertiary alicyclic amines) is 1. The van der Waals surface area contributed by atoms with Gasteiger partial charge in [-0.2, -0.15) is 0 Å². The minimum atomic E-state index is -0.656. The minimum absolute atomic E-state index is 0.0887. The largest absolute Gasteiger partial charge is 0.463 e. The van der Waals surface area contributed by atoms with Gasteiger partial charge in [0.2, 0.25) is 11.8 Å². The van der Waals surface area contributed by atoms with Crippen LogP contribution in [0, 0.1) is 5.41 Å². The predicted molar refractivity (Wildman–Crippen MR) is 124 cm³/mol. The van der Waals surface area contributed by atoms with Gasteiger partial charge in [-0.3, -0.25) is 14.5 Å². The molecule has 1 N–H and O–H groups in total. The molecule has 0 radical (unpaired) electrons. The highest BCUT2D eigenvalue weighted by Crippen LogP contribution is 2.24. The summed E-state index contributed by atoms with van der Waals surface area (Å²) in [4.78, 5) is 42.4. The van der Waals surface area contributed by atoms with E-state index in [1.807, 2.05) is 34.7 Å². The highest BCUT2D eigenvalue weighted by Gasteiger charge is 2.38. The third-order valence-corrected chi connectivity index (χ3v) is 5.94. The van der Waals surface area contributed by atoms with E-state index in [1.165, 1.54) is 0 Å². The average molecular weight is 438 g/mol. The van der Waals surface area contributed by atoms with Crippen LogP contribution in [0.2, 0.25) is 0 Å². The first-order chi connectivity index (χ1) is 14.4. The van der Waals surface area contributed by atoms with E-state index >= 15 is 0 Å². The van der Waals surface area contributed by atoms with Gasteiger partial charge in [0.05, 0.1) is 18.7 Å². The quantitative estimate of drug-likeness (QED) is 0.443. The molecule has 1 saturated heterocycles. The highest BCUT2D eigenvalue weighted by atomic mass is 16.5. The molecule has 0 aliphatic carbocycles. The van der Waals surface area contributed by atoms with Gasteiger partial charge in [0.1, 0.15) is 6.04 Å². The fraction of sp³-hybridized carbons (Fsp3) is 0.792. The Balaban J connectivity index is 3.07. The van der Waals surface area contributed by atoms with Crippen LogP contribution in [0.1, 0.15) is 73.6 Å². The molecule has 0 aromatic rings. The van der Waals surface area contributed by atoms with E-state index in [4.69, 9.17) is 4.74 Å². The number of esters is 1. The summed E-state index contributed by atoms with van der Waals surface area (Å²) in [6.45, 7) is 12.6. The van der Waals surface area contributed by atoms with Crippen molar-refractivity contribution in [1.29, 1.82) is 0 Å². The number of ether oxygens (including phenoxy) is 1. The first-order valence-electron chi connectivity index (χ1n) is 11.6. The van der Waals surface area contributed by atoms with Crippen molar-refractivity contribution in [3.05, 3.63) is 11.6 Å². The summed E-state index contributed by atoms with van der Waals surface area (Å²) in [6.07, 6.45) is 6.30. The van der Waals surface area contributed by atoms with E-state index in [1.54, 1.807) is 31.9 Å². The van der Waals surface area contributed by atoms with Crippen molar-refractivity contribution >= 4 is 17.8 Å². The fourth-order valence-electron chi connectivity index (χ4n) is 3.95. The molecule has 1 fully saturated rings. The van der Waals surface area contributed by atoms with Crippen LogP contribution in [-0.2, 0) is 19.1 Å². The summed E-state index contributed by atoms with van der Waals surface area (Å²) in [5.74, 6) is -0.606. The van der Waals surface area contributed by atoms with Gasteiger partial charge in [0, 0.05) is 12.6 Å². The topological polar surface area (TPSA) is 79.0 Å². The Morgan fingerprint density at radius 3 is 2.39 bits per heavy atom. The molecule has 1 aliphatic heterocycles. The van der Waals surface area contributed by atoms with E-state index in [-0.39, 0.29) is 29.9 Å². The number of nitrogens with one attached hydrogen (secondary N) is 1. The second kappa shape index (κ2) is 12.2. The zero-order chi connectivity index (χ0) is 23.8. The Hall–Kier alpha value is -1.89. The molecule has 0 spiro atoms. The van der Waals surface area contributed by atoms with Gasteiger partial charge in [0.15, 0.2) is 0 Å². The lowest BCUT2D eigenvalue weighted by Crippen LogP contribution is -2.59. The smallest absolute Gasteiger partial charge is 0.333 e. The lowest BCUT2D eigenvalue weighted by molar-refractivity contribution is -0.141. The summed E-state index contributed by atoms with van der Waals surface area (Å²) >= 11 is 0. The molecule has 1 rings (SSSR count). The van der Waals surface area contributed by atoms with E-state index in [0.29, 0.717) is 12.2 Å². The highest BCUT2D eigenvalue weighted by molar-refractivity contribution is 5.91. The maximum Gasteiger partial charge on any atom is 0.333 e. The summed E-state index contributed by atoms with van der Waals surface area (Å²) in [5, 5.41) is 3.05. The van der Waals surface area contributed by atoms with Crippen LogP contribution in [0.5, 0.6) is 0 Å². The van der Waals surface area contributed by atoms with Crippen molar-refractivity contribution in [1.82, 2.24) is 15.1 Å². The van der Waals surface area contributed by atoms with Gasteiger partial charge in [0.25, 0.3) is 0 Å². The Labute approximate surface area is 188 Å². The summed E-state index contributed by atoms with van der Waals surface area (Å²) < 4.78 is 5.08. The Kier molecular flexibility index (Phi) is 10.7. The maximum atomic E-state index is 13.5. The number of hydrogen-bond acceptors (Lipinski definition) is 5. The van der Waals surface area contributed by atoms with Crippen LogP contribution < -0.4 is 5.32 Å². The number of hydrogen-bond donors (Lipinski definition) is 1. The van der Waals surface area contributed by atoms with Crippen LogP contribution in [0.25, 0.3) is 0 Å². The summed E-state index contributed by atoms with van der Waals surface area (Å²) in [6, 6.07) is -1.11. The molecule has 178 valence electrons. The number of likely N-dealkylation sites (N-methyl/N-ethyl adjacent to an activating group) is 2. The predicted octanol–water partition coefficient (Wildman–Crippen LogP) is 3.14. The van der Waals surface area contributed by atoms with Crippen LogP contribution in [0.3, 0.4) is 0 Å². The molecule has 0 saturated carbocycles. The third kappa shape index (κ3) is 7.95. The monoisotopic (exact) mass is 437 g/mol. The van der Waals surface area contributed by atoms with Crippen LogP contribution in [0.15, 0.2) is 11.6 Å². The van der Waals surface area contributed by atoms with Gasteiger partial charge in [-0.25, -0.2) is 4.79 Å². The molecule has 0 bridgehead atoms. The lowest BCUT2D eigenvalue weighted by atomic mass is 9.85. The van der Waals surface area contributed by atoms with E-state index in [9.17, 15) is 14.4 Å². The molecule has 7 nitrogen and oxygen atoms in total.